The first kappa shape index (κ1) is 16.6. The summed E-state index contributed by atoms with van der Waals surface area (Å²) in [6, 6.07) is 14.0. The first-order valence-electron chi connectivity index (χ1n) is 7.32. The first-order valence-corrected chi connectivity index (χ1v) is 8.11. The van der Waals surface area contributed by atoms with E-state index >= 15 is 0 Å². The number of aryl methyl sites for hydroxylation is 2. The lowest BCUT2D eigenvalue weighted by Gasteiger charge is -2.10. The summed E-state index contributed by atoms with van der Waals surface area (Å²) in [6.07, 6.45) is 0.968. The van der Waals surface area contributed by atoms with Gasteiger partial charge in [0.15, 0.2) is 6.61 Å². The Labute approximate surface area is 139 Å². The second-order valence-electron chi connectivity index (χ2n) is 5.17. The molecule has 0 atom stereocenters. The minimum atomic E-state index is -0.132. The predicted octanol–water partition coefficient (Wildman–Crippen LogP) is 4.02. The number of hydrogen-bond acceptors (Lipinski definition) is 2. The highest BCUT2D eigenvalue weighted by Crippen LogP contribution is 2.26. The van der Waals surface area contributed by atoms with Crippen molar-refractivity contribution in [1.29, 1.82) is 0 Å². The van der Waals surface area contributed by atoms with E-state index in [9.17, 15) is 4.79 Å². The van der Waals surface area contributed by atoms with Gasteiger partial charge in [-0.25, -0.2) is 0 Å². The normalized spacial score (nSPS) is 10.3. The second kappa shape index (κ2) is 7.99. The molecule has 1 amide bonds. The molecule has 116 valence electrons. The summed E-state index contributed by atoms with van der Waals surface area (Å²) in [5.41, 5.74) is 3.49. The standard InChI is InChI=1S/C18H20BrNO2/c1-3-14-7-8-17(16(19)10-14)22-12-18(21)20-11-15-6-4-5-13(2)9-15/h4-10H,3,11-12H2,1-2H3,(H,20,21). The van der Waals surface area contributed by atoms with Crippen LogP contribution in [0.1, 0.15) is 23.6 Å². The zero-order valence-corrected chi connectivity index (χ0v) is 14.4. The largest absolute Gasteiger partial charge is 0.483 e. The van der Waals surface area contributed by atoms with Crippen LogP contribution in [0.25, 0.3) is 0 Å². The number of ether oxygens (including phenoxy) is 1. The average Bonchev–Trinajstić information content (AvgIpc) is 2.51. The van der Waals surface area contributed by atoms with Crippen molar-refractivity contribution in [2.24, 2.45) is 0 Å². The Morgan fingerprint density at radius 3 is 2.68 bits per heavy atom. The summed E-state index contributed by atoms with van der Waals surface area (Å²) >= 11 is 3.47. The average molecular weight is 362 g/mol. The summed E-state index contributed by atoms with van der Waals surface area (Å²) in [5.74, 6) is 0.552. The van der Waals surface area contributed by atoms with E-state index in [1.165, 1.54) is 11.1 Å². The van der Waals surface area contributed by atoms with Crippen LogP contribution in [0.2, 0.25) is 0 Å². The summed E-state index contributed by atoms with van der Waals surface area (Å²) in [4.78, 5) is 11.9. The van der Waals surface area contributed by atoms with Gasteiger partial charge >= 0.3 is 0 Å². The fraction of sp³-hybridized carbons (Fsp3) is 0.278. The van der Waals surface area contributed by atoms with E-state index in [0.717, 1.165) is 16.5 Å². The van der Waals surface area contributed by atoms with Gasteiger partial charge in [-0.1, -0.05) is 42.8 Å². The van der Waals surface area contributed by atoms with Gasteiger partial charge in [0.25, 0.3) is 5.91 Å². The third kappa shape index (κ3) is 4.88. The van der Waals surface area contributed by atoms with Crippen LogP contribution in [-0.4, -0.2) is 12.5 Å². The molecule has 0 saturated heterocycles. The number of hydrogen-bond donors (Lipinski definition) is 1. The quantitative estimate of drug-likeness (QED) is 0.843. The number of amides is 1. The van der Waals surface area contributed by atoms with Crippen LogP contribution < -0.4 is 10.1 Å². The van der Waals surface area contributed by atoms with Crippen molar-refractivity contribution >= 4 is 21.8 Å². The van der Waals surface area contributed by atoms with Gasteiger partial charge in [0.05, 0.1) is 4.47 Å². The molecule has 0 aliphatic rings. The molecule has 0 aliphatic heterocycles. The van der Waals surface area contributed by atoms with Crippen molar-refractivity contribution in [3.05, 3.63) is 63.6 Å². The molecule has 0 heterocycles. The third-order valence-corrected chi connectivity index (χ3v) is 3.96. The molecule has 0 spiro atoms. The Kier molecular flexibility index (Phi) is 6.01. The number of rotatable bonds is 6. The SMILES string of the molecule is CCc1ccc(OCC(=O)NCc2cccc(C)c2)c(Br)c1. The minimum Gasteiger partial charge on any atom is -0.483 e. The van der Waals surface area contributed by atoms with Crippen LogP contribution >= 0.6 is 15.9 Å². The van der Waals surface area contributed by atoms with Gasteiger partial charge in [-0.05, 0) is 52.5 Å². The van der Waals surface area contributed by atoms with E-state index in [2.05, 4.69) is 34.2 Å². The number of carbonyl (C=O) groups is 1. The van der Waals surface area contributed by atoms with Crippen LogP contribution in [0, 0.1) is 6.92 Å². The summed E-state index contributed by atoms with van der Waals surface area (Å²) < 4.78 is 6.42. The maximum absolute atomic E-state index is 11.9. The molecule has 1 N–H and O–H groups in total. The van der Waals surface area contributed by atoms with Crippen LogP contribution in [0.3, 0.4) is 0 Å². The molecule has 0 fully saturated rings. The number of halogens is 1. The Morgan fingerprint density at radius 2 is 2.00 bits per heavy atom. The van der Waals surface area contributed by atoms with Crippen LogP contribution in [-0.2, 0) is 17.8 Å². The van der Waals surface area contributed by atoms with Gasteiger partial charge < -0.3 is 10.1 Å². The number of carbonyl (C=O) groups excluding carboxylic acids is 1. The summed E-state index contributed by atoms with van der Waals surface area (Å²) in [6.45, 7) is 4.66. The molecule has 0 saturated carbocycles. The second-order valence-corrected chi connectivity index (χ2v) is 6.03. The highest BCUT2D eigenvalue weighted by molar-refractivity contribution is 9.10. The molecule has 4 heteroatoms. The molecule has 0 radical (unpaired) electrons. The maximum Gasteiger partial charge on any atom is 0.258 e. The van der Waals surface area contributed by atoms with E-state index in [1.807, 2.05) is 43.3 Å². The predicted molar refractivity (Wildman–Crippen MR) is 92.0 cm³/mol. The van der Waals surface area contributed by atoms with Gasteiger partial charge in [-0.2, -0.15) is 0 Å². The van der Waals surface area contributed by atoms with E-state index in [1.54, 1.807) is 0 Å². The lowest BCUT2D eigenvalue weighted by atomic mass is 10.1. The molecule has 3 nitrogen and oxygen atoms in total. The van der Waals surface area contributed by atoms with Gasteiger partial charge in [0, 0.05) is 6.54 Å². The van der Waals surface area contributed by atoms with E-state index < -0.39 is 0 Å². The zero-order chi connectivity index (χ0) is 15.9. The highest BCUT2D eigenvalue weighted by atomic mass is 79.9. The molecule has 0 unspecified atom stereocenters. The Bertz CT molecular complexity index is 655. The van der Waals surface area contributed by atoms with Gasteiger partial charge in [0.2, 0.25) is 0 Å². The monoisotopic (exact) mass is 361 g/mol. The Morgan fingerprint density at radius 1 is 1.18 bits per heavy atom. The number of benzene rings is 2. The molecule has 22 heavy (non-hydrogen) atoms. The van der Waals surface area contributed by atoms with Gasteiger partial charge in [-0.15, -0.1) is 0 Å². The smallest absolute Gasteiger partial charge is 0.258 e. The molecule has 0 bridgehead atoms. The van der Waals surface area contributed by atoms with Crippen LogP contribution in [0.5, 0.6) is 5.75 Å². The fourth-order valence-electron chi connectivity index (χ4n) is 2.10. The van der Waals surface area contributed by atoms with Gasteiger partial charge in [-0.3, -0.25) is 4.79 Å². The summed E-state index contributed by atoms with van der Waals surface area (Å²) in [5, 5.41) is 2.86. The highest BCUT2D eigenvalue weighted by Gasteiger charge is 2.06. The van der Waals surface area contributed by atoms with E-state index in [0.29, 0.717) is 12.3 Å². The fourth-order valence-corrected chi connectivity index (χ4v) is 2.64. The lowest BCUT2D eigenvalue weighted by molar-refractivity contribution is -0.123. The Hall–Kier alpha value is -1.81. The van der Waals surface area contributed by atoms with Crippen molar-refractivity contribution in [3.63, 3.8) is 0 Å². The van der Waals surface area contributed by atoms with Crippen LogP contribution in [0.15, 0.2) is 46.9 Å². The maximum atomic E-state index is 11.9. The van der Waals surface area contributed by atoms with Crippen molar-refractivity contribution in [3.8, 4) is 5.75 Å². The zero-order valence-electron chi connectivity index (χ0n) is 12.9. The summed E-state index contributed by atoms with van der Waals surface area (Å²) in [7, 11) is 0. The minimum absolute atomic E-state index is 0.00981. The molecule has 0 aliphatic carbocycles. The van der Waals surface area contributed by atoms with Crippen molar-refractivity contribution in [2.45, 2.75) is 26.8 Å². The topological polar surface area (TPSA) is 38.3 Å². The molecular formula is C18H20BrNO2. The molecule has 2 aromatic carbocycles. The molecule has 0 aromatic heterocycles. The van der Waals surface area contributed by atoms with Crippen LogP contribution in [0.4, 0.5) is 0 Å². The lowest BCUT2D eigenvalue weighted by Crippen LogP contribution is -2.28. The van der Waals surface area contributed by atoms with Crippen molar-refractivity contribution in [2.75, 3.05) is 6.61 Å². The van der Waals surface area contributed by atoms with Crippen molar-refractivity contribution < 1.29 is 9.53 Å². The molecule has 2 aromatic rings. The van der Waals surface area contributed by atoms with Crippen molar-refractivity contribution in [1.82, 2.24) is 5.32 Å². The first-order chi connectivity index (χ1) is 10.6. The van der Waals surface area contributed by atoms with E-state index in [4.69, 9.17) is 4.74 Å². The Balaban J connectivity index is 1.83. The third-order valence-electron chi connectivity index (χ3n) is 3.34. The molecular weight excluding hydrogens is 342 g/mol. The molecule has 2 rings (SSSR count). The van der Waals surface area contributed by atoms with Gasteiger partial charge in [0.1, 0.15) is 5.75 Å². The number of nitrogens with one attached hydrogen (secondary N) is 1. The van der Waals surface area contributed by atoms with E-state index in [-0.39, 0.29) is 12.5 Å².